The minimum absolute atomic E-state index is 0.108. The number of benzene rings is 1. The predicted octanol–water partition coefficient (Wildman–Crippen LogP) is 2.60. The van der Waals surface area contributed by atoms with E-state index in [1.807, 2.05) is 4.90 Å². The van der Waals surface area contributed by atoms with E-state index in [0.717, 1.165) is 37.8 Å². The fraction of sp³-hybridized carbons (Fsp3) is 0.562. The van der Waals surface area contributed by atoms with Crippen LogP contribution in [-0.2, 0) is 14.6 Å². The third-order valence-corrected chi connectivity index (χ3v) is 6.67. The van der Waals surface area contributed by atoms with Gasteiger partial charge in [-0.15, -0.1) is 0 Å². The van der Waals surface area contributed by atoms with E-state index in [4.69, 9.17) is 5.73 Å². The molecule has 1 saturated carbocycles. The molecular formula is C16H19F3N2O3S. The first kappa shape index (κ1) is 18.0. The summed E-state index contributed by atoms with van der Waals surface area (Å²) in [6, 6.07) is 4.12. The number of carbonyl (C=O) groups is 1. The van der Waals surface area contributed by atoms with E-state index in [1.165, 1.54) is 12.1 Å². The standard InChI is InChI=1S/C16H19F3N2O3S/c17-16(18,19)25(23,24)12-7-5-11(6-8-12)21-13-4-2-1-3-10(13)9-14(21)15(20)22/h5-8,10,13-14H,1-4,9H2,(H2,20,22). The molecule has 1 heterocycles. The zero-order chi connectivity index (χ0) is 18.4. The van der Waals surface area contributed by atoms with Crippen LogP contribution in [0.5, 0.6) is 0 Å². The minimum atomic E-state index is -5.38. The first-order valence-corrected chi connectivity index (χ1v) is 9.60. The van der Waals surface area contributed by atoms with Gasteiger partial charge < -0.3 is 10.6 Å². The van der Waals surface area contributed by atoms with Crippen molar-refractivity contribution in [2.45, 2.75) is 54.6 Å². The van der Waals surface area contributed by atoms with Crippen molar-refractivity contribution >= 4 is 21.4 Å². The van der Waals surface area contributed by atoms with Crippen molar-refractivity contribution in [1.82, 2.24) is 0 Å². The molecule has 3 rings (SSSR count). The number of carbonyl (C=O) groups excluding carboxylic acids is 1. The molecule has 3 unspecified atom stereocenters. The number of nitrogens with zero attached hydrogens (tertiary/aromatic N) is 1. The summed E-state index contributed by atoms with van der Waals surface area (Å²) in [7, 11) is -5.38. The van der Waals surface area contributed by atoms with Gasteiger partial charge in [-0.05, 0) is 49.4 Å². The summed E-state index contributed by atoms with van der Waals surface area (Å²) in [4.78, 5) is 12.9. The van der Waals surface area contributed by atoms with Crippen LogP contribution in [0.1, 0.15) is 32.1 Å². The number of rotatable bonds is 3. The van der Waals surface area contributed by atoms with E-state index in [1.54, 1.807) is 0 Å². The lowest BCUT2D eigenvalue weighted by Gasteiger charge is -2.35. The molecular weight excluding hydrogens is 357 g/mol. The molecule has 9 heteroatoms. The molecule has 0 bridgehead atoms. The topological polar surface area (TPSA) is 80.5 Å². The van der Waals surface area contributed by atoms with Crippen molar-refractivity contribution in [3.8, 4) is 0 Å². The summed E-state index contributed by atoms with van der Waals surface area (Å²) < 4.78 is 60.9. The summed E-state index contributed by atoms with van der Waals surface area (Å²) in [5.74, 6) is -0.147. The molecule has 0 aromatic heterocycles. The van der Waals surface area contributed by atoms with Gasteiger partial charge in [0.2, 0.25) is 5.91 Å². The summed E-state index contributed by atoms with van der Waals surface area (Å²) in [6.07, 6.45) is 4.61. The van der Waals surface area contributed by atoms with Crippen molar-refractivity contribution in [3.05, 3.63) is 24.3 Å². The average Bonchev–Trinajstić information content (AvgIpc) is 2.93. The molecule has 5 nitrogen and oxygen atoms in total. The van der Waals surface area contributed by atoms with Crippen LogP contribution in [0.3, 0.4) is 0 Å². The van der Waals surface area contributed by atoms with E-state index < -0.39 is 32.2 Å². The molecule has 1 aromatic carbocycles. The molecule has 2 N–H and O–H groups in total. The highest BCUT2D eigenvalue weighted by atomic mass is 32.2. The quantitative estimate of drug-likeness (QED) is 0.879. The first-order chi connectivity index (χ1) is 11.6. The highest BCUT2D eigenvalue weighted by molar-refractivity contribution is 7.92. The van der Waals surface area contributed by atoms with Crippen LogP contribution in [0.15, 0.2) is 29.2 Å². The number of amides is 1. The summed E-state index contributed by atoms with van der Waals surface area (Å²) in [5, 5.41) is 0. The molecule has 2 fully saturated rings. The maximum Gasteiger partial charge on any atom is 0.501 e. The molecule has 1 aromatic rings. The van der Waals surface area contributed by atoms with E-state index in [2.05, 4.69) is 0 Å². The van der Waals surface area contributed by atoms with Crippen LogP contribution >= 0.6 is 0 Å². The molecule has 0 radical (unpaired) electrons. The average molecular weight is 376 g/mol. The number of sulfone groups is 1. The molecule has 1 aliphatic heterocycles. The monoisotopic (exact) mass is 376 g/mol. The Bertz CT molecular complexity index is 762. The second kappa shape index (κ2) is 6.19. The van der Waals surface area contributed by atoms with Gasteiger partial charge in [-0.25, -0.2) is 8.42 Å². The van der Waals surface area contributed by atoms with Crippen LogP contribution < -0.4 is 10.6 Å². The van der Waals surface area contributed by atoms with E-state index >= 15 is 0 Å². The Hall–Kier alpha value is -1.77. The van der Waals surface area contributed by atoms with Crippen molar-refractivity contribution < 1.29 is 26.4 Å². The molecule has 0 spiro atoms. The second-order valence-electron chi connectivity index (χ2n) is 6.62. The Morgan fingerprint density at radius 1 is 1.12 bits per heavy atom. The van der Waals surface area contributed by atoms with Gasteiger partial charge >= 0.3 is 5.51 Å². The highest BCUT2D eigenvalue weighted by Gasteiger charge is 2.47. The molecule has 2 aliphatic rings. The summed E-state index contributed by atoms with van der Waals surface area (Å²) in [6.45, 7) is 0. The number of primary amides is 1. The lowest BCUT2D eigenvalue weighted by atomic mass is 9.84. The van der Waals surface area contributed by atoms with Gasteiger partial charge in [0.1, 0.15) is 6.04 Å². The number of fused-ring (bicyclic) bond motifs is 1. The lowest BCUT2D eigenvalue weighted by Crippen LogP contribution is -2.45. The van der Waals surface area contributed by atoms with Crippen molar-refractivity contribution in [1.29, 1.82) is 0 Å². The van der Waals surface area contributed by atoms with Crippen molar-refractivity contribution in [3.63, 3.8) is 0 Å². The normalized spacial score (nSPS) is 27.2. The summed E-state index contributed by atoms with van der Waals surface area (Å²) >= 11 is 0. The largest absolute Gasteiger partial charge is 0.501 e. The van der Waals surface area contributed by atoms with Crippen LogP contribution in [-0.4, -0.2) is 31.9 Å². The highest BCUT2D eigenvalue weighted by Crippen LogP contribution is 2.42. The van der Waals surface area contributed by atoms with Crippen LogP contribution in [0, 0.1) is 5.92 Å². The molecule has 138 valence electrons. The van der Waals surface area contributed by atoms with Gasteiger partial charge in [-0.2, -0.15) is 13.2 Å². The first-order valence-electron chi connectivity index (χ1n) is 8.12. The number of halogens is 3. The number of nitrogens with two attached hydrogens (primary N) is 1. The van der Waals surface area contributed by atoms with Crippen molar-refractivity contribution in [2.24, 2.45) is 11.7 Å². The number of hydrogen-bond donors (Lipinski definition) is 1. The Labute approximate surface area is 143 Å². The maximum absolute atomic E-state index is 12.7. The molecule has 25 heavy (non-hydrogen) atoms. The maximum atomic E-state index is 12.7. The van der Waals surface area contributed by atoms with Gasteiger partial charge in [0.05, 0.1) is 4.90 Å². The molecule has 1 saturated heterocycles. The second-order valence-corrected chi connectivity index (χ2v) is 8.56. The fourth-order valence-electron chi connectivity index (χ4n) is 4.02. The predicted molar refractivity (Wildman–Crippen MR) is 85.5 cm³/mol. The zero-order valence-corrected chi connectivity index (χ0v) is 14.2. The Morgan fingerprint density at radius 2 is 1.72 bits per heavy atom. The molecule has 1 amide bonds. The van der Waals surface area contributed by atoms with E-state index in [-0.39, 0.29) is 6.04 Å². The minimum Gasteiger partial charge on any atom is -0.368 e. The number of hydrogen-bond acceptors (Lipinski definition) is 4. The lowest BCUT2D eigenvalue weighted by molar-refractivity contribution is -0.119. The van der Waals surface area contributed by atoms with Gasteiger partial charge in [-0.1, -0.05) is 12.8 Å². The smallest absolute Gasteiger partial charge is 0.368 e. The summed E-state index contributed by atoms with van der Waals surface area (Å²) in [5.41, 5.74) is 0.697. The van der Waals surface area contributed by atoms with Crippen LogP contribution in [0.2, 0.25) is 0 Å². The van der Waals surface area contributed by atoms with Gasteiger partial charge in [0, 0.05) is 11.7 Å². The van der Waals surface area contributed by atoms with Crippen LogP contribution in [0.4, 0.5) is 18.9 Å². The van der Waals surface area contributed by atoms with Gasteiger partial charge in [0.15, 0.2) is 0 Å². The Kier molecular flexibility index (Phi) is 4.47. The van der Waals surface area contributed by atoms with Crippen molar-refractivity contribution in [2.75, 3.05) is 4.90 Å². The fourth-order valence-corrected chi connectivity index (χ4v) is 4.78. The SMILES string of the molecule is NC(=O)C1CC2CCCCC2N1c1ccc(S(=O)(=O)C(F)(F)F)cc1. The third kappa shape index (κ3) is 3.09. The molecule has 3 atom stereocenters. The van der Waals surface area contributed by atoms with E-state index in [9.17, 15) is 26.4 Å². The number of anilines is 1. The Balaban J connectivity index is 1.94. The van der Waals surface area contributed by atoms with Crippen LogP contribution in [0.25, 0.3) is 0 Å². The zero-order valence-electron chi connectivity index (χ0n) is 13.4. The molecule has 1 aliphatic carbocycles. The third-order valence-electron chi connectivity index (χ3n) is 5.17. The number of alkyl halides is 3. The van der Waals surface area contributed by atoms with E-state index in [0.29, 0.717) is 18.0 Å². The van der Waals surface area contributed by atoms with Gasteiger partial charge in [-0.3, -0.25) is 4.79 Å². The Morgan fingerprint density at radius 3 is 2.28 bits per heavy atom. The van der Waals surface area contributed by atoms with Gasteiger partial charge in [0.25, 0.3) is 9.84 Å².